The molecule has 104 valence electrons. The van der Waals surface area contributed by atoms with Crippen LogP contribution in [0.3, 0.4) is 0 Å². The average molecular weight is 254 g/mol. The third-order valence-electron chi connectivity index (χ3n) is 4.20. The summed E-state index contributed by atoms with van der Waals surface area (Å²) >= 11 is 0. The van der Waals surface area contributed by atoms with E-state index in [9.17, 15) is 4.79 Å². The predicted octanol–water partition coefficient (Wildman–Crippen LogP) is 1.01. The third kappa shape index (κ3) is 3.31. The summed E-state index contributed by atoms with van der Waals surface area (Å²) in [5, 5.41) is 0. The molecule has 0 aliphatic carbocycles. The van der Waals surface area contributed by atoms with Gasteiger partial charge in [-0.2, -0.15) is 0 Å². The number of hydrogen-bond donors (Lipinski definition) is 0. The van der Waals surface area contributed by atoms with Gasteiger partial charge in [-0.25, -0.2) is 0 Å². The zero-order chi connectivity index (χ0) is 13.0. The van der Waals surface area contributed by atoms with Crippen LogP contribution in [-0.4, -0.2) is 69.1 Å². The fourth-order valence-corrected chi connectivity index (χ4v) is 3.26. The lowest BCUT2D eigenvalue weighted by Gasteiger charge is -2.38. The van der Waals surface area contributed by atoms with E-state index in [1.165, 1.54) is 12.8 Å². The Hall–Kier alpha value is -0.450. The van der Waals surface area contributed by atoms with Crippen molar-refractivity contribution in [3.05, 3.63) is 0 Å². The Balaban J connectivity index is 1.95. The van der Waals surface area contributed by atoms with Crippen LogP contribution in [0.5, 0.6) is 0 Å². The highest BCUT2D eigenvalue weighted by Crippen LogP contribution is 2.30. The van der Waals surface area contributed by atoms with Crippen LogP contribution in [0.15, 0.2) is 0 Å². The second kappa shape index (κ2) is 6.13. The smallest absolute Gasteiger partial charge is 0.129 e. The first-order chi connectivity index (χ1) is 8.65. The quantitative estimate of drug-likeness (QED) is 0.686. The van der Waals surface area contributed by atoms with Crippen LogP contribution in [0.2, 0.25) is 0 Å². The summed E-state index contributed by atoms with van der Waals surface area (Å²) in [6.45, 7) is 4.54. The lowest BCUT2D eigenvalue weighted by atomic mass is 9.83. The number of carbonyl (C=O) groups is 1. The lowest BCUT2D eigenvalue weighted by molar-refractivity contribution is -0.125. The normalized spacial score (nSPS) is 34.1. The van der Waals surface area contributed by atoms with Crippen molar-refractivity contribution in [1.82, 2.24) is 9.80 Å². The molecule has 2 fully saturated rings. The minimum Gasteiger partial charge on any atom is -0.380 e. The molecule has 4 nitrogen and oxygen atoms in total. The van der Waals surface area contributed by atoms with Gasteiger partial charge in [-0.1, -0.05) is 0 Å². The molecule has 0 radical (unpaired) electrons. The Morgan fingerprint density at radius 1 is 1.44 bits per heavy atom. The first-order valence-corrected chi connectivity index (χ1v) is 7.08. The summed E-state index contributed by atoms with van der Waals surface area (Å²) in [5.74, 6) is 0. The maximum Gasteiger partial charge on any atom is 0.129 e. The van der Waals surface area contributed by atoms with Gasteiger partial charge in [0.05, 0.1) is 12.0 Å². The van der Waals surface area contributed by atoms with Crippen LogP contribution in [0.1, 0.15) is 25.7 Å². The van der Waals surface area contributed by atoms with E-state index in [0.717, 1.165) is 45.4 Å². The zero-order valence-corrected chi connectivity index (χ0v) is 11.7. The van der Waals surface area contributed by atoms with Crippen molar-refractivity contribution < 1.29 is 9.53 Å². The molecule has 0 N–H and O–H groups in total. The van der Waals surface area contributed by atoms with Crippen molar-refractivity contribution in [3.8, 4) is 0 Å². The summed E-state index contributed by atoms with van der Waals surface area (Å²) in [6.07, 6.45) is 5.67. The summed E-state index contributed by atoms with van der Waals surface area (Å²) in [5.41, 5.74) is -0.243. The summed E-state index contributed by atoms with van der Waals surface area (Å²) in [4.78, 5) is 16.2. The van der Waals surface area contributed by atoms with Gasteiger partial charge in [0.25, 0.3) is 0 Å². The van der Waals surface area contributed by atoms with Gasteiger partial charge < -0.3 is 14.4 Å². The maximum absolute atomic E-state index is 11.5. The van der Waals surface area contributed by atoms with E-state index in [2.05, 4.69) is 23.9 Å². The van der Waals surface area contributed by atoms with E-state index in [-0.39, 0.29) is 5.41 Å². The number of hydrogen-bond acceptors (Lipinski definition) is 4. The minimum absolute atomic E-state index is 0.243. The van der Waals surface area contributed by atoms with Gasteiger partial charge in [0, 0.05) is 25.7 Å². The molecule has 2 unspecified atom stereocenters. The molecule has 2 rings (SSSR count). The molecule has 0 amide bonds. The number of carbonyl (C=O) groups excluding carboxylic acids is 1. The molecule has 18 heavy (non-hydrogen) atoms. The van der Waals surface area contributed by atoms with Gasteiger partial charge in [0.2, 0.25) is 0 Å². The monoisotopic (exact) mass is 254 g/mol. The van der Waals surface area contributed by atoms with E-state index < -0.39 is 0 Å². The summed E-state index contributed by atoms with van der Waals surface area (Å²) in [6, 6.07) is 0.610. The van der Waals surface area contributed by atoms with Gasteiger partial charge in [-0.3, -0.25) is 4.90 Å². The SMILES string of the molecule is CN(C)CC1CCCN1CC1(C=O)CCCOC1. The van der Waals surface area contributed by atoms with Gasteiger partial charge in [-0.15, -0.1) is 0 Å². The Bertz CT molecular complexity index is 275. The Kier molecular flexibility index (Phi) is 4.76. The lowest BCUT2D eigenvalue weighted by Crippen LogP contribution is -2.48. The summed E-state index contributed by atoms with van der Waals surface area (Å²) < 4.78 is 5.53. The van der Waals surface area contributed by atoms with Crippen molar-refractivity contribution in [3.63, 3.8) is 0 Å². The van der Waals surface area contributed by atoms with Crippen molar-refractivity contribution in [2.75, 3.05) is 46.9 Å². The van der Waals surface area contributed by atoms with Gasteiger partial charge in [0.15, 0.2) is 0 Å². The Morgan fingerprint density at radius 2 is 2.28 bits per heavy atom. The molecule has 0 aromatic rings. The molecule has 0 aromatic carbocycles. The second-order valence-electron chi connectivity index (χ2n) is 6.17. The van der Waals surface area contributed by atoms with Crippen LogP contribution in [0.25, 0.3) is 0 Å². The van der Waals surface area contributed by atoms with Gasteiger partial charge in [-0.05, 0) is 46.3 Å². The molecule has 2 atom stereocenters. The third-order valence-corrected chi connectivity index (χ3v) is 4.20. The molecule has 0 aromatic heterocycles. The molecule has 0 bridgehead atoms. The molecular formula is C14H26N2O2. The fraction of sp³-hybridized carbons (Fsp3) is 0.929. The van der Waals surface area contributed by atoms with E-state index in [1.807, 2.05) is 0 Å². The van der Waals surface area contributed by atoms with Gasteiger partial charge >= 0.3 is 0 Å². The molecular weight excluding hydrogens is 228 g/mol. The fourth-order valence-electron chi connectivity index (χ4n) is 3.26. The molecule has 2 heterocycles. The molecule has 2 aliphatic rings. The highest BCUT2D eigenvalue weighted by molar-refractivity contribution is 5.60. The van der Waals surface area contributed by atoms with Crippen molar-refractivity contribution in [2.45, 2.75) is 31.7 Å². The van der Waals surface area contributed by atoms with Crippen molar-refractivity contribution >= 4 is 6.29 Å². The van der Waals surface area contributed by atoms with Gasteiger partial charge in [0.1, 0.15) is 6.29 Å². The largest absolute Gasteiger partial charge is 0.380 e. The molecule has 4 heteroatoms. The van der Waals surface area contributed by atoms with E-state index >= 15 is 0 Å². The predicted molar refractivity (Wildman–Crippen MR) is 71.7 cm³/mol. The van der Waals surface area contributed by atoms with E-state index in [0.29, 0.717) is 12.6 Å². The Labute approximate surface area is 110 Å². The number of nitrogens with zero attached hydrogens (tertiary/aromatic N) is 2. The topological polar surface area (TPSA) is 32.8 Å². The Morgan fingerprint density at radius 3 is 2.89 bits per heavy atom. The van der Waals surface area contributed by atoms with E-state index in [1.54, 1.807) is 0 Å². The maximum atomic E-state index is 11.5. The van der Waals surface area contributed by atoms with Crippen molar-refractivity contribution in [1.29, 1.82) is 0 Å². The second-order valence-corrected chi connectivity index (χ2v) is 6.17. The summed E-state index contributed by atoms with van der Waals surface area (Å²) in [7, 11) is 4.24. The number of ether oxygens (including phenoxy) is 1. The first-order valence-electron chi connectivity index (χ1n) is 7.08. The minimum atomic E-state index is -0.243. The molecule has 0 spiro atoms. The standard InChI is InChI=1S/C14H26N2O2/c1-15(2)9-13-5-3-7-16(13)10-14(11-17)6-4-8-18-12-14/h11,13H,3-10,12H2,1-2H3. The average Bonchev–Trinajstić information content (AvgIpc) is 2.77. The number of aldehydes is 1. The van der Waals surface area contributed by atoms with Crippen molar-refractivity contribution in [2.24, 2.45) is 5.41 Å². The highest BCUT2D eigenvalue weighted by Gasteiger charge is 2.37. The van der Waals surface area contributed by atoms with Crippen LogP contribution >= 0.6 is 0 Å². The van der Waals surface area contributed by atoms with E-state index in [4.69, 9.17) is 4.74 Å². The number of rotatable bonds is 5. The molecule has 2 saturated heterocycles. The van der Waals surface area contributed by atoms with Crippen LogP contribution < -0.4 is 0 Å². The zero-order valence-electron chi connectivity index (χ0n) is 11.7. The van der Waals surface area contributed by atoms with Crippen LogP contribution in [-0.2, 0) is 9.53 Å². The highest BCUT2D eigenvalue weighted by atomic mass is 16.5. The number of likely N-dealkylation sites (N-methyl/N-ethyl adjacent to an activating group) is 1. The first kappa shape index (κ1) is 14.0. The number of likely N-dealkylation sites (tertiary alicyclic amines) is 1. The molecule has 0 saturated carbocycles. The van der Waals surface area contributed by atoms with Crippen LogP contribution in [0, 0.1) is 5.41 Å². The molecule has 2 aliphatic heterocycles. The van der Waals surface area contributed by atoms with Crippen LogP contribution in [0.4, 0.5) is 0 Å².